The molecule has 2 heterocycles. The molecule has 0 fully saturated rings. The first-order valence-electron chi connectivity index (χ1n) is 5.61. The van der Waals surface area contributed by atoms with Gasteiger partial charge in [-0.1, -0.05) is 12.1 Å². The summed E-state index contributed by atoms with van der Waals surface area (Å²) in [6, 6.07) is 7.67. The van der Waals surface area contributed by atoms with Crippen LogP contribution in [0.25, 0.3) is 22.6 Å². The Morgan fingerprint density at radius 2 is 2.00 bits per heavy atom. The van der Waals surface area contributed by atoms with E-state index >= 15 is 0 Å². The molecule has 0 aliphatic carbocycles. The predicted molar refractivity (Wildman–Crippen MR) is 72.9 cm³/mol. The highest BCUT2D eigenvalue weighted by molar-refractivity contribution is 5.79. The van der Waals surface area contributed by atoms with E-state index in [1.807, 2.05) is 31.2 Å². The lowest BCUT2D eigenvalue weighted by Gasteiger charge is -2.01. The summed E-state index contributed by atoms with van der Waals surface area (Å²) in [5, 5.41) is 0. The SMILES string of the molecule is Cc1ccc(-c2nc3ncc(N)cc3[nH]2)cc1N. The molecule has 0 spiro atoms. The summed E-state index contributed by atoms with van der Waals surface area (Å²) in [5.74, 6) is 0.745. The number of aromatic nitrogens is 3. The molecule has 0 saturated heterocycles. The van der Waals surface area contributed by atoms with Gasteiger partial charge in [0.15, 0.2) is 5.65 Å². The number of nitrogen functional groups attached to an aromatic ring is 2. The van der Waals surface area contributed by atoms with Gasteiger partial charge >= 0.3 is 0 Å². The molecule has 1 aromatic carbocycles. The van der Waals surface area contributed by atoms with Gasteiger partial charge in [-0.15, -0.1) is 0 Å². The van der Waals surface area contributed by atoms with Crippen molar-refractivity contribution in [3.63, 3.8) is 0 Å². The number of pyridine rings is 1. The number of hydrogen-bond donors (Lipinski definition) is 3. The molecule has 3 rings (SSSR count). The molecule has 18 heavy (non-hydrogen) atoms. The molecule has 90 valence electrons. The average molecular weight is 239 g/mol. The zero-order chi connectivity index (χ0) is 12.7. The molecule has 0 amide bonds. The fourth-order valence-electron chi connectivity index (χ4n) is 1.84. The third-order valence-corrected chi connectivity index (χ3v) is 2.91. The van der Waals surface area contributed by atoms with Crippen LogP contribution in [-0.2, 0) is 0 Å². The van der Waals surface area contributed by atoms with Crippen LogP contribution in [0.2, 0.25) is 0 Å². The second-order valence-electron chi connectivity index (χ2n) is 4.30. The van der Waals surface area contributed by atoms with Crippen molar-refractivity contribution in [2.24, 2.45) is 0 Å². The van der Waals surface area contributed by atoms with Gasteiger partial charge in [-0.2, -0.15) is 0 Å². The Kier molecular flexibility index (Phi) is 2.19. The maximum atomic E-state index is 5.90. The minimum atomic E-state index is 0.612. The highest BCUT2D eigenvalue weighted by Crippen LogP contribution is 2.23. The molecule has 5 nitrogen and oxygen atoms in total. The van der Waals surface area contributed by atoms with Crippen LogP contribution >= 0.6 is 0 Å². The van der Waals surface area contributed by atoms with Crippen LogP contribution in [0, 0.1) is 6.92 Å². The summed E-state index contributed by atoms with van der Waals surface area (Å²) in [7, 11) is 0. The number of aromatic amines is 1. The van der Waals surface area contributed by atoms with Crippen molar-refractivity contribution in [3.8, 4) is 11.4 Å². The highest BCUT2D eigenvalue weighted by Gasteiger charge is 2.07. The Hall–Kier alpha value is -2.56. The van der Waals surface area contributed by atoms with Crippen LogP contribution in [0.5, 0.6) is 0 Å². The first-order valence-corrected chi connectivity index (χ1v) is 5.61. The standard InChI is InChI=1S/C13H13N5/c1-7-2-3-8(4-10(7)15)12-17-11-5-9(14)6-16-13(11)18-12/h2-6H,14-15H2,1H3,(H,16,17,18). The average Bonchev–Trinajstić information content (AvgIpc) is 2.75. The van der Waals surface area contributed by atoms with E-state index in [2.05, 4.69) is 15.0 Å². The Labute approximate surface area is 104 Å². The number of anilines is 2. The number of fused-ring (bicyclic) bond motifs is 1. The van der Waals surface area contributed by atoms with Gasteiger partial charge in [0.25, 0.3) is 0 Å². The summed E-state index contributed by atoms with van der Waals surface area (Å²) >= 11 is 0. The van der Waals surface area contributed by atoms with Crippen LogP contribution in [-0.4, -0.2) is 15.0 Å². The smallest absolute Gasteiger partial charge is 0.178 e. The van der Waals surface area contributed by atoms with E-state index in [0.29, 0.717) is 11.3 Å². The Bertz CT molecular complexity index is 729. The Morgan fingerprint density at radius 1 is 1.17 bits per heavy atom. The summed E-state index contributed by atoms with van der Waals surface area (Å²) in [4.78, 5) is 11.8. The first-order chi connectivity index (χ1) is 8.63. The Morgan fingerprint density at radius 3 is 2.78 bits per heavy atom. The minimum absolute atomic E-state index is 0.612. The van der Waals surface area contributed by atoms with Gasteiger partial charge < -0.3 is 16.5 Å². The zero-order valence-corrected chi connectivity index (χ0v) is 9.94. The van der Waals surface area contributed by atoms with Gasteiger partial charge in [-0.05, 0) is 24.6 Å². The molecule has 0 unspecified atom stereocenters. The van der Waals surface area contributed by atoms with Crippen molar-refractivity contribution in [1.29, 1.82) is 0 Å². The van der Waals surface area contributed by atoms with E-state index in [1.54, 1.807) is 6.20 Å². The summed E-state index contributed by atoms with van der Waals surface area (Å²) in [5.41, 5.74) is 16.4. The predicted octanol–water partition coefficient (Wildman–Crippen LogP) is 2.10. The molecule has 3 aromatic rings. The number of benzene rings is 1. The lowest BCUT2D eigenvalue weighted by atomic mass is 10.1. The van der Waals surface area contributed by atoms with Crippen LogP contribution in [0.3, 0.4) is 0 Å². The van der Waals surface area contributed by atoms with Crippen molar-refractivity contribution >= 4 is 22.5 Å². The normalized spacial score (nSPS) is 10.9. The number of imidazole rings is 1. The largest absolute Gasteiger partial charge is 0.398 e. The molecule has 5 heteroatoms. The number of H-pyrrole nitrogens is 1. The molecule has 5 N–H and O–H groups in total. The fraction of sp³-hybridized carbons (Fsp3) is 0.0769. The number of rotatable bonds is 1. The van der Waals surface area contributed by atoms with Crippen molar-refractivity contribution in [2.75, 3.05) is 11.5 Å². The highest BCUT2D eigenvalue weighted by atomic mass is 15.0. The third kappa shape index (κ3) is 1.66. The maximum Gasteiger partial charge on any atom is 0.178 e. The summed E-state index contributed by atoms with van der Waals surface area (Å²) < 4.78 is 0. The molecule has 0 aliphatic heterocycles. The molecule has 0 saturated carbocycles. The lowest BCUT2D eigenvalue weighted by molar-refractivity contribution is 1.30. The molecule has 0 bridgehead atoms. The zero-order valence-electron chi connectivity index (χ0n) is 9.94. The van der Waals surface area contributed by atoms with Crippen LogP contribution in [0.1, 0.15) is 5.56 Å². The van der Waals surface area contributed by atoms with Gasteiger partial charge in [0, 0.05) is 11.3 Å². The quantitative estimate of drug-likeness (QED) is 0.567. The topological polar surface area (TPSA) is 93.6 Å². The summed E-state index contributed by atoms with van der Waals surface area (Å²) in [6.45, 7) is 1.97. The van der Waals surface area contributed by atoms with Gasteiger partial charge in [-0.25, -0.2) is 9.97 Å². The molecule has 0 radical (unpaired) electrons. The van der Waals surface area contributed by atoms with Crippen LogP contribution in [0.4, 0.5) is 11.4 Å². The van der Waals surface area contributed by atoms with E-state index in [0.717, 1.165) is 28.2 Å². The minimum Gasteiger partial charge on any atom is -0.398 e. The van der Waals surface area contributed by atoms with Gasteiger partial charge in [-0.3, -0.25) is 0 Å². The molecule has 2 aromatic heterocycles. The number of hydrogen-bond acceptors (Lipinski definition) is 4. The molecule has 0 atom stereocenters. The maximum absolute atomic E-state index is 5.90. The number of nitrogens with two attached hydrogens (primary N) is 2. The van der Waals surface area contributed by atoms with E-state index in [9.17, 15) is 0 Å². The second-order valence-corrected chi connectivity index (χ2v) is 4.30. The van der Waals surface area contributed by atoms with E-state index in [4.69, 9.17) is 11.5 Å². The number of aryl methyl sites for hydroxylation is 1. The van der Waals surface area contributed by atoms with Gasteiger partial charge in [0.05, 0.1) is 17.4 Å². The fourth-order valence-corrected chi connectivity index (χ4v) is 1.84. The number of nitrogens with zero attached hydrogens (tertiary/aromatic N) is 2. The monoisotopic (exact) mass is 239 g/mol. The summed E-state index contributed by atoms with van der Waals surface area (Å²) in [6.07, 6.45) is 1.59. The van der Waals surface area contributed by atoms with Crippen LogP contribution < -0.4 is 11.5 Å². The van der Waals surface area contributed by atoms with Crippen molar-refractivity contribution in [3.05, 3.63) is 36.0 Å². The molecular weight excluding hydrogens is 226 g/mol. The third-order valence-electron chi connectivity index (χ3n) is 2.91. The van der Waals surface area contributed by atoms with E-state index in [-0.39, 0.29) is 0 Å². The van der Waals surface area contributed by atoms with E-state index < -0.39 is 0 Å². The van der Waals surface area contributed by atoms with Crippen molar-refractivity contribution in [2.45, 2.75) is 6.92 Å². The molecular formula is C13H13N5. The van der Waals surface area contributed by atoms with E-state index in [1.165, 1.54) is 0 Å². The number of nitrogens with one attached hydrogen (secondary N) is 1. The second kappa shape index (κ2) is 3.73. The first kappa shape index (κ1) is 10.6. The van der Waals surface area contributed by atoms with Crippen molar-refractivity contribution in [1.82, 2.24) is 15.0 Å². The van der Waals surface area contributed by atoms with Gasteiger partial charge in [0.2, 0.25) is 0 Å². The lowest BCUT2D eigenvalue weighted by Crippen LogP contribution is -1.90. The molecule has 0 aliphatic rings. The van der Waals surface area contributed by atoms with Gasteiger partial charge in [0.1, 0.15) is 5.82 Å². The van der Waals surface area contributed by atoms with Crippen molar-refractivity contribution < 1.29 is 0 Å². The Balaban J connectivity index is 2.16. The van der Waals surface area contributed by atoms with Crippen LogP contribution in [0.15, 0.2) is 30.5 Å².